The summed E-state index contributed by atoms with van der Waals surface area (Å²) < 4.78 is 0. The van der Waals surface area contributed by atoms with Crippen molar-refractivity contribution in [1.82, 2.24) is 10.2 Å². The Morgan fingerprint density at radius 2 is 2.11 bits per heavy atom. The molecule has 1 heterocycles. The van der Waals surface area contributed by atoms with E-state index in [2.05, 4.69) is 53.6 Å². The molecule has 0 aliphatic carbocycles. The Bertz CT molecular complexity index is 384. The zero-order valence-corrected chi connectivity index (χ0v) is 11.4. The van der Waals surface area contributed by atoms with Crippen molar-refractivity contribution in [2.24, 2.45) is 0 Å². The molecule has 98 valence electrons. The number of benzene rings is 1. The zero-order valence-electron chi connectivity index (χ0n) is 11.4. The zero-order chi connectivity index (χ0) is 12.6. The molecule has 1 aromatic carbocycles. The Hall–Kier alpha value is -1.12. The molecule has 1 aliphatic rings. The lowest BCUT2D eigenvalue weighted by Crippen LogP contribution is -2.26. The summed E-state index contributed by atoms with van der Waals surface area (Å²) in [6.07, 6.45) is 6.94. The van der Waals surface area contributed by atoms with Crippen LogP contribution >= 0.6 is 0 Å². The van der Waals surface area contributed by atoms with Gasteiger partial charge in [0.1, 0.15) is 0 Å². The van der Waals surface area contributed by atoms with Gasteiger partial charge in [-0.05, 0) is 30.5 Å². The highest BCUT2D eigenvalue weighted by molar-refractivity contribution is 5.23. The Balaban J connectivity index is 1.88. The second-order valence-corrected chi connectivity index (χ2v) is 4.99. The molecule has 0 saturated heterocycles. The van der Waals surface area contributed by atoms with Crippen LogP contribution in [0, 0.1) is 0 Å². The summed E-state index contributed by atoms with van der Waals surface area (Å²) in [5.74, 6) is 0. The molecule has 0 fully saturated rings. The van der Waals surface area contributed by atoms with Gasteiger partial charge in [-0.2, -0.15) is 0 Å². The lowest BCUT2D eigenvalue weighted by molar-refractivity contribution is 0.290. The molecule has 0 aromatic heterocycles. The fourth-order valence-electron chi connectivity index (χ4n) is 2.34. The quantitative estimate of drug-likeness (QED) is 0.611. The molecule has 1 N–H and O–H groups in total. The first-order chi connectivity index (χ1) is 8.88. The number of hydrogen-bond donors (Lipinski definition) is 1. The molecule has 0 atom stereocenters. The molecular weight excluding hydrogens is 220 g/mol. The average molecular weight is 244 g/mol. The van der Waals surface area contributed by atoms with E-state index in [1.807, 2.05) is 0 Å². The van der Waals surface area contributed by atoms with E-state index in [4.69, 9.17) is 0 Å². The average Bonchev–Trinajstić information content (AvgIpc) is 2.41. The van der Waals surface area contributed by atoms with E-state index in [0.717, 1.165) is 26.2 Å². The molecule has 1 aromatic rings. The highest BCUT2D eigenvalue weighted by Gasteiger charge is 2.06. The largest absolute Gasteiger partial charge is 0.313 e. The summed E-state index contributed by atoms with van der Waals surface area (Å²) in [4.78, 5) is 2.50. The Labute approximate surface area is 111 Å². The lowest BCUT2D eigenvalue weighted by atomic mass is 10.1. The fraction of sp³-hybridized carbons (Fsp3) is 0.500. The van der Waals surface area contributed by atoms with E-state index in [9.17, 15) is 0 Å². The van der Waals surface area contributed by atoms with E-state index >= 15 is 0 Å². The summed E-state index contributed by atoms with van der Waals surface area (Å²) in [5.41, 5.74) is 2.83. The first kappa shape index (κ1) is 13.3. The molecule has 0 spiro atoms. The molecule has 2 rings (SSSR count). The SMILES string of the molecule is CCCNCc1cccc(CN2CC=CCC2)c1. The first-order valence-electron chi connectivity index (χ1n) is 7.04. The smallest absolute Gasteiger partial charge is 0.0237 e. The molecule has 0 radical (unpaired) electrons. The third-order valence-electron chi connectivity index (χ3n) is 3.30. The molecule has 0 saturated carbocycles. The van der Waals surface area contributed by atoms with Crippen LogP contribution in [0.15, 0.2) is 36.4 Å². The van der Waals surface area contributed by atoms with Crippen molar-refractivity contribution < 1.29 is 0 Å². The van der Waals surface area contributed by atoms with E-state index in [0.29, 0.717) is 0 Å². The summed E-state index contributed by atoms with van der Waals surface area (Å²) in [5, 5.41) is 3.46. The topological polar surface area (TPSA) is 15.3 Å². The van der Waals surface area contributed by atoms with Gasteiger partial charge in [0, 0.05) is 26.2 Å². The van der Waals surface area contributed by atoms with Gasteiger partial charge in [0.25, 0.3) is 0 Å². The number of nitrogens with zero attached hydrogens (tertiary/aromatic N) is 1. The van der Waals surface area contributed by atoms with Crippen molar-refractivity contribution in [3.05, 3.63) is 47.5 Å². The molecule has 0 unspecified atom stereocenters. The van der Waals surface area contributed by atoms with Gasteiger partial charge in [-0.15, -0.1) is 0 Å². The van der Waals surface area contributed by atoms with E-state index in [-0.39, 0.29) is 0 Å². The van der Waals surface area contributed by atoms with Crippen molar-refractivity contribution in [2.75, 3.05) is 19.6 Å². The van der Waals surface area contributed by atoms with Gasteiger partial charge in [-0.25, -0.2) is 0 Å². The number of nitrogens with one attached hydrogen (secondary N) is 1. The summed E-state index contributed by atoms with van der Waals surface area (Å²) in [6, 6.07) is 8.96. The molecular formula is C16H24N2. The van der Waals surface area contributed by atoms with Gasteiger partial charge in [0.15, 0.2) is 0 Å². The van der Waals surface area contributed by atoms with Crippen LogP contribution in [0.3, 0.4) is 0 Å². The molecule has 0 amide bonds. The summed E-state index contributed by atoms with van der Waals surface area (Å²) >= 11 is 0. The van der Waals surface area contributed by atoms with Gasteiger partial charge in [0.2, 0.25) is 0 Å². The Morgan fingerprint density at radius 1 is 1.22 bits per heavy atom. The van der Waals surface area contributed by atoms with Crippen LogP contribution < -0.4 is 5.32 Å². The predicted molar refractivity (Wildman–Crippen MR) is 77.5 cm³/mol. The van der Waals surface area contributed by atoms with Crippen molar-refractivity contribution in [2.45, 2.75) is 32.9 Å². The minimum atomic E-state index is 0.988. The monoisotopic (exact) mass is 244 g/mol. The van der Waals surface area contributed by atoms with Crippen LogP contribution in [0.1, 0.15) is 30.9 Å². The van der Waals surface area contributed by atoms with Crippen LogP contribution in [0.5, 0.6) is 0 Å². The molecule has 18 heavy (non-hydrogen) atoms. The third-order valence-corrected chi connectivity index (χ3v) is 3.30. The minimum Gasteiger partial charge on any atom is -0.313 e. The first-order valence-corrected chi connectivity index (χ1v) is 7.04. The normalized spacial score (nSPS) is 16.1. The van der Waals surface area contributed by atoms with Gasteiger partial charge in [-0.3, -0.25) is 4.90 Å². The molecule has 1 aliphatic heterocycles. The Morgan fingerprint density at radius 3 is 2.89 bits per heavy atom. The fourth-order valence-corrected chi connectivity index (χ4v) is 2.34. The van der Waals surface area contributed by atoms with E-state index < -0.39 is 0 Å². The van der Waals surface area contributed by atoms with Crippen LogP contribution in [0.25, 0.3) is 0 Å². The maximum Gasteiger partial charge on any atom is 0.0237 e. The molecule has 2 heteroatoms. The maximum absolute atomic E-state index is 3.46. The third kappa shape index (κ3) is 4.28. The second kappa shape index (κ2) is 7.34. The minimum absolute atomic E-state index is 0.988. The predicted octanol–water partition coefficient (Wildman–Crippen LogP) is 2.95. The van der Waals surface area contributed by atoms with Crippen molar-refractivity contribution >= 4 is 0 Å². The maximum atomic E-state index is 3.46. The van der Waals surface area contributed by atoms with E-state index in [1.165, 1.54) is 30.5 Å². The number of hydrogen-bond acceptors (Lipinski definition) is 2. The van der Waals surface area contributed by atoms with Crippen molar-refractivity contribution in [3.8, 4) is 0 Å². The van der Waals surface area contributed by atoms with Gasteiger partial charge < -0.3 is 5.32 Å². The Kier molecular flexibility index (Phi) is 5.43. The van der Waals surface area contributed by atoms with Gasteiger partial charge in [0.05, 0.1) is 0 Å². The molecule has 0 bridgehead atoms. The van der Waals surface area contributed by atoms with E-state index in [1.54, 1.807) is 0 Å². The van der Waals surface area contributed by atoms with Crippen LogP contribution in [-0.2, 0) is 13.1 Å². The van der Waals surface area contributed by atoms with Crippen LogP contribution in [-0.4, -0.2) is 24.5 Å². The second-order valence-electron chi connectivity index (χ2n) is 4.99. The van der Waals surface area contributed by atoms with Crippen LogP contribution in [0.2, 0.25) is 0 Å². The van der Waals surface area contributed by atoms with Crippen molar-refractivity contribution in [1.29, 1.82) is 0 Å². The highest BCUT2D eigenvalue weighted by atomic mass is 15.1. The molecule has 2 nitrogen and oxygen atoms in total. The number of rotatable bonds is 6. The van der Waals surface area contributed by atoms with Gasteiger partial charge >= 0.3 is 0 Å². The van der Waals surface area contributed by atoms with Gasteiger partial charge in [-0.1, -0.05) is 43.3 Å². The van der Waals surface area contributed by atoms with Crippen molar-refractivity contribution in [3.63, 3.8) is 0 Å². The summed E-state index contributed by atoms with van der Waals surface area (Å²) in [7, 11) is 0. The van der Waals surface area contributed by atoms with Crippen LogP contribution in [0.4, 0.5) is 0 Å². The lowest BCUT2D eigenvalue weighted by Gasteiger charge is -2.23. The summed E-state index contributed by atoms with van der Waals surface area (Å²) in [6.45, 7) is 7.65. The highest BCUT2D eigenvalue weighted by Crippen LogP contribution is 2.11. The standard InChI is InChI=1S/C16H24N2/c1-2-9-17-13-15-7-6-8-16(12-15)14-18-10-4-3-5-11-18/h3-4,6-8,12,17H,2,5,9-11,13-14H2,1H3.